The van der Waals surface area contributed by atoms with E-state index >= 15 is 0 Å². The monoisotopic (exact) mass is 280 g/mol. The van der Waals surface area contributed by atoms with E-state index < -0.39 is 11.9 Å². The number of aliphatic hydroxyl groups excluding tert-OH is 1. The Morgan fingerprint density at radius 3 is 2.79 bits per heavy atom. The lowest BCUT2D eigenvalue weighted by molar-refractivity contribution is 0.196. The van der Waals surface area contributed by atoms with Crippen molar-refractivity contribution in [3.05, 3.63) is 51.7 Å². The molecule has 0 saturated carbocycles. The molecule has 4 nitrogen and oxygen atoms in total. The van der Waals surface area contributed by atoms with Crippen LogP contribution in [0.2, 0.25) is 0 Å². The first-order valence-electron chi connectivity index (χ1n) is 5.69. The summed E-state index contributed by atoms with van der Waals surface area (Å²) in [6, 6.07) is 5.54. The minimum Gasteiger partial charge on any atom is -0.389 e. The van der Waals surface area contributed by atoms with Crippen LogP contribution in [0.1, 0.15) is 24.3 Å². The number of rotatable bonds is 3. The van der Waals surface area contributed by atoms with Crippen LogP contribution in [0.25, 0.3) is 0 Å². The minimum atomic E-state index is -0.797. The van der Waals surface area contributed by atoms with E-state index in [1.807, 2.05) is 0 Å². The molecule has 1 aromatic heterocycles. The lowest BCUT2D eigenvalue weighted by atomic mass is 10.1. The average molecular weight is 280 g/mol. The van der Waals surface area contributed by atoms with Gasteiger partial charge >= 0.3 is 0 Å². The lowest BCUT2D eigenvalue weighted by Gasteiger charge is -2.11. The van der Waals surface area contributed by atoms with Gasteiger partial charge in [0.2, 0.25) is 0 Å². The summed E-state index contributed by atoms with van der Waals surface area (Å²) in [5.74, 6) is -0.411. The van der Waals surface area contributed by atoms with Crippen molar-refractivity contribution in [2.45, 2.75) is 30.0 Å². The predicted octanol–water partition coefficient (Wildman–Crippen LogP) is 2.42. The normalized spacial score (nSPS) is 12.4. The smallest absolute Gasteiger partial charge is 0.251 e. The number of H-pyrrole nitrogens is 1. The predicted molar refractivity (Wildman–Crippen MR) is 70.8 cm³/mol. The van der Waals surface area contributed by atoms with E-state index in [2.05, 4.69) is 9.97 Å². The van der Waals surface area contributed by atoms with Gasteiger partial charge in [0.15, 0.2) is 5.16 Å². The van der Waals surface area contributed by atoms with Crippen LogP contribution in [0.15, 0.2) is 39.1 Å². The largest absolute Gasteiger partial charge is 0.389 e. The van der Waals surface area contributed by atoms with E-state index in [0.29, 0.717) is 21.3 Å². The van der Waals surface area contributed by atoms with E-state index in [4.69, 9.17) is 0 Å². The fraction of sp³-hybridized carbons (Fsp3) is 0.231. The summed E-state index contributed by atoms with van der Waals surface area (Å²) in [4.78, 5) is 18.8. The highest BCUT2D eigenvalue weighted by atomic mass is 32.2. The molecule has 0 aliphatic heterocycles. The Balaban J connectivity index is 2.40. The van der Waals surface area contributed by atoms with E-state index in [-0.39, 0.29) is 5.56 Å². The van der Waals surface area contributed by atoms with Gasteiger partial charge < -0.3 is 10.1 Å². The van der Waals surface area contributed by atoms with Crippen molar-refractivity contribution in [3.63, 3.8) is 0 Å². The zero-order valence-corrected chi connectivity index (χ0v) is 11.3. The van der Waals surface area contributed by atoms with Crippen LogP contribution < -0.4 is 5.56 Å². The zero-order chi connectivity index (χ0) is 14.0. The van der Waals surface area contributed by atoms with Crippen LogP contribution >= 0.6 is 11.8 Å². The van der Waals surface area contributed by atoms with Gasteiger partial charge in [0, 0.05) is 16.7 Å². The molecule has 1 heterocycles. The first-order chi connectivity index (χ1) is 8.95. The van der Waals surface area contributed by atoms with E-state index in [1.54, 1.807) is 19.9 Å². The first-order valence-corrected chi connectivity index (χ1v) is 6.50. The zero-order valence-electron chi connectivity index (χ0n) is 10.5. The molecule has 2 aromatic rings. The quantitative estimate of drug-likeness (QED) is 0.847. The van der Waals surface area contributed by atoms with Crippen LogP contribution in [0.5, 0.6) is 0 Å². The van der Waals surface area contributed by atoms with Crippen molar-refractivity contribution in [3.8, 4) is 0 Å². The van der Waals surface area contributed by atoms with Crippen molar-refractivity contribution >= 4 is 11.8 Å². The van der Waals surface area contributed by atoms with E-state index in [0.717, 1.165) is 0 Å². The second-order valence-corrected chi connectivity index (χ2v) is 5.18. The number of nitrogens with zero attached hydrogens (tertiary/aromatic N) is 1. The van der Waals surface area contributed by atoms with E-state index in [9.17, 15) is 14.3 Å². The number of aromatic nitrogens is 2. The van der Waals surface area contributed by atoms with Crippen LogP contribution in [0, 0.1) is 12.7 Å². The second-order valence-electron chi connectivity index (χ2n) is 4.15. The molecular formula is C13H13FN2O2S. The average Bonchev–Trinajstić information content (AvgIpc) is 2.30. The van der Waals surface area contributed by atoms with Crippen molar-refractivity contribution in [2.75, 3.05) is 0 Å². The van der Waals surface area contributed by atoms with Gasteiger partial charge in [-0.3, -0.25) is 4.79 Å². The fourth-order valence-electron chi connectivity index (χ4n) is 1.64. The van der Waals surface area contributed by atoms with Gasteiger partial charge in [-0.15, -0.1) is 0 Å². The summed E-state index contributed by atoms with van der Waals surface area (Å²) in [5.41, 5.74) is 0.830. The molecule has 100 valence electrons. The Bertz CT molecular complexity index is 655. The van der Waals surface area contributed by atoms with Gasteiger partial charge in [-0.1, -0.05) is 11.8 Å². The summed E-state index contributed by atoms with van der Waals surface area (Å²) >= 11 is 1.19. The van der Waals surface area contributed by atoms with Crippen molar-refractivity contribution in [1.29, 1.82) is 0 Å². The van der Waals surface area contributed by atoms with Crippen LogP contribution in [0.4, 0.5) is 4.39 Å². The Morgan fingerprint density at radius 2 is 2.16 bits per heavy atom. The van der Waals surface area contributed by atoms with Gasteiger partial charge in [-0.05, 0) is 37.6 Å². The molecular weight excluding hydrogens is 267 g/mol. The maximum Gasteiger partial charge on any atom is 0.251 e. The van der Waals surface area contributed by atoms with Gasteiger partial charge in [0.25, 0.3) is 5.56 Å². The topological polar surface area (TPSA) is 66.0 Å². The Hall–Kier alpha value is -1.66. The van der Waals surface area contributed by atoms with Crippen LogP contribution in [-0.4, -0.2) is 15.1 Å². The molecule has 0 aliphatic carbocycles. The van der Waals surface area contributed by atoms with Gasteiger partial charge in [-0.25, -0.2) is 9.37 Å². The third-order valence-electron chi connectivity index (χ3n) is 2.48. The fourth-order valence-corrected chi connectivity index (χ4v) is 2.68. The first kappa shape index (κ1) is 13.8. The number of hydrogen-bond donors (Lipinski definition) is 2. The Morgan fingerprint density at radius 1 is 1.42 bits per heavy atom. The number of nitrogens with one attached hydrogen (secondary N) is 1. The third kappa shape index (κ3) is 3.42. The highest BCUT2D eigenvalue weighted by Gasteiger charge is 2.12. The molecule has 0 aliphatic rings. The maximum atomic E-state index is 13.2. The highest BCUT2D eigenvalue weighted by molar-refractivity contribution is 7.99. The second kappa shape index (κ2) is 5.54. The number of benzene rings is 1. The van der Waals surface area contributed by atoms with E-state index in [1.165, 1.54) is 30.0 Å². The maximum absolute atomic E-state index is 13.2. The number of aryl methyl sites for hydroxylation is 1. The molecule has 1 atom stereocenters. The van der Waals surface area contributed by atoms with Crippen molar-refractivity contribution < 1.29 is 9.50 Å². The summed E-state index contributed by atoms with van der Waals surface area (Å²) < 4.78 is 13.2. The number of aromatic amines is 1. The number of halogens is 1. The van der Waals surface area contributed by atoms with Crippen molar-refractivity contribution in [2.24, 2.45) is 0 Å². The summed E-state index contributed by atoms with van der Waals surface area (Å²) in [7, 11) is 0. The van der Waals surface area contributed by atoms with Gasteiger partial charge in [0.1, 0.15) is 5.82 Å². The number of aliphatic hydroxyl groups is 1. The Kier molecular flexibility index (Phi) is 4.01. The molecule has 0 amide bonds. The molecule has 0 unspecified atom stereocenters. The lowest BCUT2D eigenvalue weighted by Crippen LogP contribution is -2.08. The molecule has 0 radical (unpaired) electrons. The highest BCUT2D eigenvalue weighted by Crippen LogP contribution is 2.31. The minimum absolute atomic E-state index is 0.240. The molecule has 0 bridgehead atoms. The van der Waals surface area contributed by atoms with Crippen LogP contribution in [0.3, 0.4) is 0 Å². The molecule has 19 heavy (non-hydrogen) atoms. The molecule has 0 saturated heterocycles. The summed E-state index contributed by atoms with van der Waals surface area (Å²) in [5, 5.41) is 10.1. The molecule has 6 heteroatoms. The van der Waals surface area contributed by atoms with Gasteiger partial charge in [-0.2, -0.15) is 0 Å². The summed E-state index contributed by atoms with van der Waals surface area (Å²) in [6.07, 6.45) is -0.797. The van der Waals surface area contributed by atoms with Crippen LogP contribution in [-0.2, 0) is 0 Å². The van der Waals surface area contributed by atoms with Crippen molar-refractivity contribution in [1.82, 2.24) is 9.97 Å². The molecule has 1 aromatic carbocycles. The Labute approximate surface area is 113 Å². The summed E-state index contributed by atoms with van der Waals surface area (Å²) in [6.45, 7) is 3.28. The molecule has 2 rings (SSSR count). The molecule has 0 fully saturated rings. The molecule has 0 spiro atoms. The number of hydrogen-bond acceptors (Lipinski definition) is 4. The molecule has 2 N–H and O–H groups in total. The third-order valence-corrected chi connectivity index (χ3v) is 3.45. The SMILES string of the molecule is Cc1cc(=O)[nH]c(Sc2ccc(F)cc2[C@@H](C)O)n1. The standard InChI is InChI=1S/C13H13FN2O2S/c1-7-5-12(18)16-13(15-7)19-11-4-3-9(14)6-10(11)8(2)17/h3-6,8,17H,1-2H3,(H,15,16,18)/t8-/m1/s1. The van der Waals surface area contributed by atoms with Gasteiger partial charge in [0.05, 0.1) is 6.10 Å².